The van der Waals surface area contributed by atoms with Crippen LogP contribution in [-0.2, 0) is 9.88 Å². The molecule has 150 valence electrons. The van der Waals surface area contributed by atoms with Crippen LogP contribution < -0.4 is 5.48 Å². The van der Waals surface area contributed by atoms with E-state index in [2.05, 4.69) is 76.1 Å². The Kier molecular flexibility index (Phi) is 20.3. The van der Waals surface area contributed by atoms with Crippen molar-refractivity contribution in [2.75, 3.05) is 13.7 Å². The summed E-state index contributed by atoms with van der Waals surface area (Å²) < 4.78 is 0. The molecule has 0 aromatic heterocycles. The summed E-state index contributed by atoms with van der Waals surface area (Å²) >= 11 is 0. The lowest BCUT2D eigenvalue weighted by molar-refractivity contribution is -0.317. The van der Waals surface area contributed by atoms with E-state index in [4.69, 9.17) is 0 Å². The van der Waals surface area contributed by atoms with E-state index in [1.165, 1.54) is 7.11 Å². The molecule has 27 heavy (non-hydrogen) atoms. The molecular weight excluding hydrogens is 340 g/mol. The van der Waals surface area contributed by atoms with E-state index in [-0.39, 0.29) is 6.04 Å². The van der Waals surface area contributed by atoms with Gasteiger partial charge in [-0.25, -0.2) is 4.89 Å². The maximum absolute atomic E-state index is 10.7. The van der Waals surface area contributed by atoms with Crippen LogP contribution in [0.15, 0.2) is 78.1 Å². The normalized spacial score (nSPS) is 14.1. The van der Waals surface area contributed by atoms with Crippen LogP contribution in [0, 0.1) is 4.91 Å². The molecule has 0 aromatic carbocycles. The molecule has 5 heteroatoms. The molecule has 5 nitrogen and oxygen atoms in total. The van der Waals surface area contributed by atoms with Gasteiger partial charge in [-0.2, -0.15) is 10.4 Å². The second-order valence-electron chi connectivity index (χ2n) is 5.67. The summed E-state index contributed by atoms with van der Waals surface area (Å²) in [4.78, 5) is 19.6. The van der Waals surface area contributed by atoms with Gasteiger partial charge >= 0.3 is 0 Å². The molecule has 0 saturated heterocycles. The Morgan fingerprint density at radius 2 is 1.56 bits per heavy atom. The molecule has 0 rings (SSSR count). The Morgan fingerprint density at radius 1 is 0.889 bits per heavy atom. The monoisotopic (exact) mass is 374 g/mol. The van der Waals surface area contributed by atoms with Crippen LogP contribution in [-0.4, -0.2) is 19.7 Å². The van der Waals surface area contributed by atoms with Gasteiger partial charge < -0.3 is 0 Å². The predicted octanol–water partition coefficient (Wildman–Crippen LogP) is 5.90. The molecule has 0 aliphatic carbocycles. The largest absolute Gasteiger partial charge is 0.221 e. The van der Waals surface area contributed by atoms with Crippen molar-refractivity contribution in [2.45, 2.75) is 51.5 Å². The fraction of sp³-hybridized carbons (Fsp3) is 0.455. The Morgan fingerprint density at radius 3 is 2.22 bits per heavy atom. The Balaban J connectivity index is 3.76. The van der Waals surface area contributed by atoms with Crippen molar-refractivity contribution in [3.05, 3.63) is 77.8 Å². The second kappa shape index (κ2) is 22.0. The lowest BCUT2D eigenvalue weighted by Gasteiger charge is -2.03. The Labute approximate surface area is 164 Å². The minimum Gasteiger partial charge on any atom is -0.221 e. The molecule has 0 bridgehead atoms. The van der Waals surface area contributed by atoms with E-state index >= 15 is 0 Å². The third kappa shape index (κ3) is 20.1. The third-order valence-electron chi connectivity index (χ3n) is 3.40. The molecular formula is C22H34N2O3. The maximum atomic E-state index is 10.7. The van der Waals surface area contributed by atoms with E-state index in [0.717, 1.165) is 32.1 Å². The van der Waals surface area contributed by atoms with Crippen LogP contribution in [0.5, 0.6) is 0 Å². The molecule has 0 radical (unpaired) electrons. The average Bonchev–Trinajstić information content (AvgIpc) is 2.69. The number of nitroso groups, excluding NO2 is 1. The highest BCUT2D eigenvalue weighted by Crippen LogP contribution is 2.00. The molecule has 0 aliphatic heterocycles. The van der Waals surface area contributed by atoms with Crippen molar-refractivity contribution >= 4 is 0 Å². The number of hydrogen-bond donors (Lipinski definition) is 1. The molecule has 0 heterocycles. The second-order valence-corrected chi connectivity index (χ2v) is 5.67. The fourth-order valence-electron chi connectivity index (χ4n) is 2.00. The summed E-state index contributed by atoms with van der Waals surface area (Å²) in [5.74, 6) is 0. The van der Waals surface area contributed by atoms with E-state index in [9.17, 15) is 4.91 Å². The van der Waals surface area contributed by atoms with Crippen molar-refractivity contribution in [1.82, 2.24) is 5.48 Å². The number of rotatable bonds is 17. The van der Waals surface area contributed by atoms with Gasteiger partial charge in [0.1, 0.15) is 6.04 Å². The highest BCUT2D eigenvalue weighted by Gasteiger charge is 2.02. The summed E-state index contributed by atoms with van der Waals surface area (Å²) in [5, 5.41) is 3.06. The van der Waals surface area contributed by atoms with E-state index in [0.29, 0.717) is 13.0 Å². The maximum Gasteiger partial charge on any atom is 0.112 e. The van der Waals surface area contributed by atoms with Gasteiger partial charge in [-0.15, -0.1) is 4.99 Å². The van der Waals surface area contributed by atoms with Gasteiger partial charge in [0.25, 0.3) is 0 Å². The first kappa shape index (κ1) is 24.9. The van der Waals surface area contributed by atoms with Gasteiger partial charge in [0.15, 0.2) is 0 Å². The smallest absolute Gasteiger partial charge is 0.112 e. The third-order valence-corrected chi connectivity index (χ3v) is 3.40. The van der Waals surface area contributed by atoms with Crippen molar-refractivity contribution in [1.29, 1.82) is 0 Å². The van der Waals surface area contributed by atoms with Gasteiger partial charge in [0.2, 0.25) is 0 Å². The van der Waals surface area contributed by atoms with Gasteiger partial charge in [0, 0.05) is 6.54 Å². The molecule has 0 fully saturated rings. The van der Waals surface area contributed by atoms with E-state index in [1.54, 1.807) is 6.08 Å². The Bertz CT molecular complexity index is 506. The minimum absolute atomic E-state index is 0.376. The van der Waals surface area contributed by atoms with Crippen molar-refractivity contribution in [2.24, 2.45) is 5.18 Å². The number of unbranched alkanes of at least 4 members (excludes halogenated alkanes) is 1. The summed E-state index contributed by atoms with van der Waals surface area (Å²) in [7, 11) is 1.41. The SMILES string of the molecule is CC/C=C\CC/C=C/C=C\C/C=C\C/C=C\C=C\[C@H](CCNOOC)N=O. The summed E-state index contributed by atoms with van der Waals surface area (Å²) in [6.07, 6.45) is 30.4. The lowest BCUT2D eigenvalue weighted by Crippen LogP contribution is -2.18. The van der Waals surface area contributed by atoms with Crippen LogP contribution in [0.1, 0.15) is 45.4 Å². The zero-order valence-corrected chi connectivity index (χ0v) is 16.6. The first-order chi connectivity index (χ1) is 13.3. The van der Waals surface area contributed by atoms with E-state index in [1.807, 2.05) is 18.2 Å². The topological polar surface area (TPSA) is 59.9 Å². The Hall–Kier alpha value is -2.08. The standard InChI is InChI=1S/C22H34N2O3/c1-3-4-5-6-7-8-9-10-11-12-13-14-15-16-17-18-19-22(24-25)20-21-23-27-26-2/h4-5,8-11,13-14,16-19,22-23H,3,6-7,12,15,20-21H2,1-2H3/b5-4-,9-8+,11-10-,14-13-,17-16-,19-18+/t22-/m1/s1. The van der Waals surface area contributed by atoms with E-state index < -0.39 is 0 Å². The van der Waals surface area contributed by atoms with Gasteiger partial charge in [0.05, 0.1) is 7.11 Å². The number of hydroxylamine groups is 1. The zero-order valence-electron chi connectivity index (χ0n) is 16.6. The highest BCUT2D eigenvalue weighted by atomic mass is 17.3. The van der Waals surface area contributed by atoms with Crippen molar-refractivity contribution in [3.63, 3.8) is 0 Å². The van der Waals surface area contributed by atoms with Crippen molar-refractivity contribution < 1.29 is 9.88 Å². The number of allylic oxidation sites excluding steroid dienone is 11. The highest BCUT2D eigenvalue weighted by molar-refractivity contribution is 5.09. The molecule has 0 aromatic rings. The number of hydrogen-bond acceptors (Lipinski definition) is 5. The van der Waals surface area contributed by atoms with Crippen LogP contribution >= 0.6 is 0 Å². The molecule has 0 spiro atoms. The van der Waals surface area contributed by atoms with Crippen LogP contribution in [0.2, 0.25) is 0 Å². The zero-order chi connectivity index (χ0) is 19.8. The van der Waals surface area contributed by atoms with Crippen molar-refractivity contribution in [3.8, 4) is 0 Å². The summed E-state index contributed by atoms with van der Waals surface area (Å²) in [5.41, 5.74) is 2.56. The molecule has 0 aliphatic rings. The van der Waals surface area contributed by atoms with Crippen LogP contribution in [0.4, 0.5) is 0 Å². The first-order valence-corrected chi connectivity index (χ1v) is 9.55. The molecule has 1 atom stereocenters. The number of nitrogens with one attached hydrogen (secondary N) is 1. The minimum atomic E-state index is -0.376. The number of nitrogens with zero attached hydrogens (tertiary/aromatic N) is 1. The quantitative estimate of drug-likeness (QED) is 0.0859. The van der Waals surface area contributed by atoms with Gasteiger partial charge in [-0.3, -0.25) is 0 Å². The molecule has 0 saturated carbocycles. The average molecular weight is 375 g/mol. The predicted molar refractivity (Wildman–Crippen MR) is 114 cm³/mol. The lowest BCUT2D eigenvalue weighted by atomic mass is 10.2. The first-order valence-electron chi connectivity index (χ1n) is 9.55. The van der Waals surface area contributed by atoms with Gasteiger partial charge in [-0.1, -0.05) is 85.0 Å². The molecule has 0 amide bonds. The van der Waals surface area contributed by atoms with Gasteiger partial charge in [-0.05, 0) is 38.5 Å². The summed E-state index contributed by atoms with van der Waals surface area (Å²) in [6.45, 7) is 2.64. The molecule has 1 N–H and O–H groups in total. The summed E-state index contributed by atoms with van der Waals surface area (Å²) in [6, 6.07) is -0.376. The van der Waals surface area contributed by atoms with Crippen LogP contribution in [0.25, 0.3) is 0 Å². The fourth-order valence-corrected chi connectivity index (χ4v) is 2.00. The molecule has 0 unspecified atom stereocenters. The van der Waals surface area contributed by atoms with Crippen LogP contribution in [0.3, 0.4) is 0 Å².